The van der Waals surface area contributed by atoms with E-state index in [0.717, 1.165) is 76.9 Å². The average molecular weight is 347 g/mol. The fourth-order valence-corrected chi connectivity index (χ4v) is 3.11. The number of hydrogen-bond donors (Lipinski definition) is 2. The van der Waals surface area contributed by atoms with E-state index in [9.17, 15) is 0 Å². The molecule has 6 nitrogen and oxygen atoms in total. The highest BCUT2D eigenvalue weighted by Crippen LogP contribution is 2.25. The molecular formula is C19H29N3O3. The summed E-state index contributed by atoms with van der Waals surface area (Å²) in [6, 6.07) is 6.48. The molecule has 25 heavy (non-hydrogen) atoms. The summed E-state index contributed by atoms with van der Waals surface area (Å²) in [7, 11) is 1.80. The number of ether oxygens (including phenoxy) is 3. The van der Waals surface area contributed by atoms with Crippen LogP contribution in [0.25, 0.3) is 0 Å². The molecular weight excluding hydrogens is 318 g/mol. The molecule has 0 spiro atoms. The van der Waals surface area contributed by atoms with E-state index < -0.39 is 0 Å². The summed E-state index contributed by atoms with van der Waals surface area (Å²) < 4.78 is 16.6. The first-order valence-electron chi connectivity index (χ1n) is 9.23. The standard InChI is InChI=1S/C19H29N3O3/c1-20-19(21-8-2-10-24-17-7-11-23-14-17)22-9-5-15-3-4-18-16(13-15)6-12-25-18/h3-4,13,17H,2,5-12,14H2,1H3,(H2,20,21,22). The maximum absolute atomic E-state index is 5.76. The van der Waals surface area contributed by atoms with Gasteiger partial charge >= 0.3 is 0 Å². The van der Waals surface area contributed by atoms with Gasteiger partial charge in [-0.25, -0.2) is 0 Å². The second-order valence-electron chi connectivity index (χ2n) is 6.43. The Hall–Kier alpha value is -1.79. The molecule has 0 aromatic heterocycles. The van der Waals surface area contributed by atoms with Crippen LogP contribution in [0.1, 0.15) is 24.0 Å². The first kappa shape index (κ1) is 18.0. The van der Waals surface area contributed by atoms with Gasteiger partial charge in [-0.1, -0.05) is 12.1 Å². The first-order chi connectivity index (χ1) is 12.3. The number of fused-ring (bicyclic) bond motifs is 1. The van der Waals surface area contributed by atoms with E-state index in [2.05, 4.69) is 33.8 Å². The van der Waals surface area contributed by atoms with Crippen molar-refractivity contribution < 1.29 is 14.2 Å². The molecule has 0 bridgehead atoms. The van der Waals surface area contributed by atoms with Gasteiger partial charge in [0.25, 0.3) is 0 Å². The zero-order valence-electron chi connectivity index (χ0n) is 15.1. The van der Waals surface area contributed by atoms with E-state index in [1.165, 1.54) is 11.1 Å². The maximum atomic E-state index is 5.76. The molecule has 1 fully saturated rings. The van der Waals surface area contributed by atoms with E-state index >= 15 is 0 Å². The van der Waals surface area contributed by atoms with Crippen molar-refractivity contribution in [1.82, 2.24) is 10.6 Å². The van der Waals surface area contributed by atoms with E-state index in [0.29, 0.717) is 0 Å². The number of hydrogen-bond acceptors (Lipinski definition) is 4. The van der Waals surface area contributed by atoms with Crippen LogP contribution in [0.15, 0.2) is 23.2 Å². The normalized spacial score (nSPS) is 19.6. The molecule has 1 saturated heterocycles. The zero-order chi connectivity index (χ0) is 17.3. The highest BCUT2D eigenvalue weighted by atomic mass is 16.5. The Kier molecular flexibility index (Phi) is 6.94. The van der Waals surface area contributed by atoms with Crippen molar-refractivity contribution in [2.24, 2.45) is 4.99 Å². The minimum atomic E-state index is 0.287. The summed E-state index contributed by atoms with van der Waals surface area (Å²) in [6.07, 6.45) is 4.26. The van der Waals surface area contributed by atoms with Gasteiger partial charge in [0.1, 0.15) is 5.75 Å². The van der Waals surface area contributed by atoms with E-state index in [1.807, 2.05) is 0 Å². The van der Waals surface area contributed by atoms with Crippen molar-refractivity contribution in [1.29, 1.82) is 0 Å². The van der Waals surface area contributed by atoms with Gasteiger partial charge in [-0.2, -0.15) is 0 Å². The highest BCUT2D eigenvalue weighted by Gasteiger charge is 2.15. The van der Waals surface area contributed by atoms with Gasteiger partial charge in [0.15, 0.2) is 5.96 Å². The van der Waals surface area contributed by atoms with Crippen molar-refractivity contribution in [2.75, 3.05) is 46.6 Å². The molecule has 0 saturated carbocycles. The molecule has 2 N–H and O–H groups in total. The van der Waals surface area contributed by atoms with Gasteiger partial charge in [0.05, 0.1) is 19.3 Å². The first-order valence-corrected chi connectivity index (χ1v) is 9.23. The summed E-state index contributed by atoms with van der Waals surface area (Å²) >= 11 is 0. The Morgan fingerprint density at radius 3 is 3.04 bits per heavy atom. The Balaban J connectivity index is 1.28. The van der Waals surface area contributed by atoms with Crippen molar-refractivity contribution >= 4 is 5.96 Å². The van der Waals surface area contributed by atoms with Crippen molar-refractivity contribution in [3.63, 3.8) is 0 Å². The number of guanidine groups is 1. The zero-order valence-corrected chi connectivity index (χ0v) is 15.1. The monoisotopic (exact) mass is 347 g/mol. The Labute approximate surface area is 149 Å². The molecule has 0 amide bonds. The average Bonchev–Trinajstić information content (AvgIpc) is 3.31. The SMILES string of the molecule is CN=C(NCCCOC1CCOC1)NCCc1ccc2c(c1)CCO2. The number of nitrogens with one attached hydrogen (secondary N) is 2. The lowest BCUT2D eigenvalue weighted by Gasteiger charge is -2.13. The summed E-state index contributed by atoms with van der Waals surface area (Å²) in [6.45, 7) is 4.85. The Bertz CT molecular complexity index is 571. The molecule has 2 heterocycles. The minimum absolute atomic E-state index is 0.287. The number of benzene rings is 1. The van der Waals surface area contributed by atoms with Crippen LogP contribution in [-0.4, -0.2) is 58.6 Å². The lowest BCUT2D eigenvalue weighted by Crippen LogP contribution is -2.39. The molecule has 138 valence electrons. The number of aliphatic imine (C=N–C) groups is 1. The predicted octanol–water partition coefficient (Wildman–Crippen LogP) is 1.52. The second-order valence-corrected chi connectivity index (χ2v) is 6.43. The van der Waals surface area contributed by atoms with Gasteiger partial charge in [0, 0.05) is 39.8 Å². The molecule has 1 aromatic carbocycles. The second kappa shape index (κ2) is 9.63. The fourth-order valence-electron chi connectivity index (χ4n) is 3.11. The van der Waals surface area contributed by atoms with Gasteiger partial charge in [-0.3, -0.25) is 4.99 Å². The molecule has 0 radical (unpaired) electrons. The fraction of sp³-hybridized carbons (Fsp3) is 0.632. The summed E-state index contributed by atoms with van der Waals surface area (Å²) in [5, 5.41) is 6.69. The lowest BCUT2D eigenvalue weighted by molar-refractivity contribution is 0.0420. The third kappa shape index (κ3) is 5.61. The summed E-state index contributed by atoms with van der Waals surface area (Å²) in [5.74, 6) is 1.88. The molecule has 0 aliphatic carbocycles. The van der Waals surface area contributed by atoms with Crippen LogP contribution >= 0.6 is 0 Å². The topological polar surface area (TPSA) is 64.1 Å². The molecule has 2 aliphatic rings. The van der Waals surface area contributed by atoms with E-state index in [4.69, 9.17) is 14.2 Å². The summed E-state index contributed by atoms with van der Waals surface area (Å²) in [4.78, 5) is 4.27. The Morgan fingerprint density at radius 1 is 1.28 bits per heavy atom. The minimum Gasteiger partial charge on any atom is -0.493 e. The molecule has 1 unspecified atom stereocenters. The van der Waals surface area contributed by atoms with Crippen LogP contribution in [0.3, 0.4) is 0 Å². The quantitative estimate of drug-likeness (QED) is 0.424. The van der Waals surface area contributed by atoms with Gasteiger partial charge in [-0.15, -0.1) is 0 Å². The maximum Gasteiger partial charge on any atom is 0.190 e. The summed E-state index contributed by atoms with van der Waals surface area (Å²) in [5.41, 5.74) is 2.66. The third-order valence-corrected chi connectivity index (χ3v) is 4.54. The van der Waals surface area contributed by atoms with Crippen molar-refractivity contribution in [3.8, 4) is 5.75 Å². The van der Waals surface area contributed by atoms with E-state index in [1.54, 1.807) is 7.05 Å². The molecule has 1 atom stereocenters. The largest absolute Gasteiger partial charge is 0.493 e. The van der Waals surface area contributed by atoms with Crippen molar-refractivity contribution in [3.05, 3.63) is 29.3 Å². The van der Waals surface area contributed by atoms with Crippen LogP contribution in [-0.2, 0) is 22.3 Å². The van der Waals surface area contributed by atoms with Crippen LogP contribution in [0.5, 0.6) is 5.75 Å². The highest BCUT2D eigenvalue weighted by molar-refractivity contribution is 5.79. The smallest absolute Gasteiger partial charge is 0.190 e. The molecule has 6 heteroatoms. The molecule has 2 aliphatic heterocycles. The van der Waals surface area contributed by atoms with Crippen LogP contribution in [0.4, 0.5) is 0 Å². The van der Waals surface area contributed by atoms with Crippen LogP contribution in [0, 0.1) is 0 Å². The predicted molar refractivity (Wildman–Crippen MR) is 98.5 cm³/mol. The number of rotatable bonds is 8. The van der Waals surface area contributed by atoms with Crippen LogP contribution < -0.4 is 15.4 Å². The van der Waals surface area contributed by atoms with Gasteiger partial charge in [0.2, 0.25) is 0 Å². The third-order valence-electron chi connectivity index (χ3n) is 4.54. The van der Waals surface area contributed by atoms with Crippen LogP contribution in [0.2, 0.25) is 0 Å². The lowest BCUT2D eigenvalue weighted by atomic mass is 10.1. The van der Waals surface area contributed by atoms with Gasteiger partial charge < -0.3 is 24.8 Å². The van der Waals surface area contributed by atoms with Gasteiger partial charge in [-0.05, 0) is 36.5 Å². The van der Waals surface area contributed by atoms with Crippen molar-refractivity contribution in [2.45, 2.75) is 31.8 Å². The van der Waals surface area contributed by atoms with E-state index in [-0.39, 0.29) is 6.10 Å². The number of nitrogens with zero attached hydrogens (tertiary/aromatic N) is 1. The molecule has 3 rings (SSSR count). The molecule has 1 aromatic rings. The Morgan fingerprint density at radius 2 is 2.20 bits per heavy atom.